The smallest absolute Gasteiger partial charge is 0.130 e. The molecule has 0 atom stereocenters. The van der Waals surface area contributed by atoms with E-state index in [1.807, 2.05) is 0 Å². The third-order valence-corrected chi connectivity index (χ3v) is 13.6. The van der Waals surface area contributed by atoms with Gasteiger partial charge in [0, 0.05) is 49.1 Å². The Hall–Kier alpha value is -0.0900. The molecule has 210 valence electrons. The van der Waals surface area contributed by atoms with Crippen LogP contribution >= 0.6 is 24.4 Å². The van der Waals surface area contributed by atoms with Gasteiger partial charge in [-0.25, -0.2) is 0 Å². The van der Waals surface area contributed by atoms with E-state index in [0.717, 1.165) is 17.2 Å². The highest BCUT2D eigenvalue weighted by atomic mass is 31.1. The highest BCUT2D eigenvalue weighted by Gasteiger charge is 2.41. The van der Waals surface area contributed by atoms with Crippen LogP contribution in [0.3, 0.4) is 0 Å². The molecule has 1 aromatic carbocycles. The molecule has 36 heavy (non-hydrogen) atoms. The van der Waals surface area contributed by atoms with Crippen molar-refractivity contribution in [2.24, 2.45) is 0 Å². The molecule has 3 nitrogen and oxygen atoms in total. The first-order chi connectivity index (χ1) is 15.6. The molecule has 0 bridgehead atoms. The van der Waals surface area contributed by atoms with Crippen LogP contribution in [0, 0.1) is 0 Å². The molecule has 1 rings (SSSR count). The van der Waals surface area contributed by atoms with E-state index in [9.17, 15) is 0 Å². The molecule has 0 fully saturated rings. The zero-order valence-electron chi connectivity index (χ0n) is 26.8. The monoisotopic (exact) mass is 558 g/mol. The van der Waals surface area contributed by atoms with Crippen LogP contribution < -0.4 is 13.6 Å². The second kappa shape index (κ2) is 11.2. The summed E-state index contributed by atoms with van der Waals surface area (Å²) in [5, 5.41) is 0.240. The van der Waals surface area contributed by atoms with Gasteiger partial charge in [0.05, 0.1) is 24.4 Å². The first-order valence-corrected chi connectivity index (χ1v) is 17.0. The van der Waals surface area contributed by atoms with Gasteiger partial charge >= 0.3 is 0 Å². The van der Waals surface area contributed by atoms with E-state index in [4.69, 9.17) is 13.6 Å². The number of hydrogen-bond acceptors (Lipinski definition) is 3. The minimum atomic E-state index is -0.775. The van der Waals surface area contributed by atoms with Gasteiger partial charge in [0.25, 0.3) is 0 Å². The predicted octanol–water partition coefficient (Wildman–Crippen LogP) is 11.8. The molecule has 0 unspecified atom stereocenters. The maximum absolute atomic E-state index is 6.85. The summed E-state index contributed by atoms with van der Waals surface area (Å²) in [7, 11) is -2.33. The first-order valence-electron chi connectivity index (χ1n) is 13.2. The van der Waals surface area contributed by atoms with E-state index in [1.54, 1.807) is 0 Å². The molecule has 0 spiro atoms. The largest absolute Gasteiger partial charge is 0.473 e. The second-order valence-electron chi connectivity index (χ2n) is 15.8. The molecule has 0 saturated carbocycles. The molecule has 0 amide bonds. The van der Waals surface area contributed by atoms with Crippen molar-refractivity contribution in [2.75, 3.05) is 0 Å². The van der Waals surface area contributed by atoms with E-state index in [2.05, 4.69) is 143 Å². The van der Waals surface area contributed by atoms with Crippen LogP contribution in [0.2, 0.25) is 0 Å². The van der Waals surface area contributed by atoms with Crippen LogP contribution in [0.4, 0.5) is 0 Å². The van der Waals surface area contributed by atoms with E-state index >= 15 is 0 Å². The second-order valence-corrected chi connectivity index (χ2v) is 26.2. The topological polar surface area (TPSA) is 27.7 Å². The lowest BCUT2D eigenvalue weighted by Gasteiger charge is -2.41. The Morgan fingerprint density at radius 1 is 0.333 bits per heavy atom. The van der Waals surface area contributed by atoms with Gasteiger partial charge in [-0.05, 0) is 0 Å². The maximum Gasteiger partial charge on any atom is 0.130 e. The summed E-state index contributed by atoms with van der Waals surface area (Å²) in [5.74, 6) is 2.52. The molecule has 0 N–H and O–H groups in total. The molecule has 0 aliphatic rings. The van der Waals surface area contributed by atoms with Gasteiger partial charge in [0.15, 0.2) is 0 Å². The number of benzene rings is 1. The van der Waals surface area contributed by atoms with Crippen molar-refractivity contribution in [3.8, 4) is 17.2 Å². The summed E-state index contributed by atoms with van der Waals surface area (Å²) in [6.45, 7) is 41.0. The molecule has 0 aromatic heterocycles. The fourth-order valence-corrected chi connectivity index (χ4v) is 13.5. The van der Waals surface area contributed by atoms with Crippen LogP contribution in [-0.4, -0.2) is 30.9 Å². The van der Waals surface area contributed by atoms with Gasteiger partial charge in [-0.1, -0.05) is 125 Å². The van der Waals surface area contributed by atoms with Crippen molar-refractivity contribution in [3.63, 3.8) is 0 Å². The Bertz CT molecular complexity index is 686. The van der Waals surface area contributed by atoms with Gasteiger partial charge < -0.3 is 13.6 Å². The van der Waals surface area contributed by atoms with Crippen LogP contribution in [-0.2, 0) is 0 Å². The SMILES string of the molecule is CC(C)(C)P(Oc1cc(OP(C(C)(C)C)C(C)(C)C)cc(OP(C(C)(C)C)C(C)(C)C)c1)C(C)(C)C. The van der Waals surface area contributed by atoms with E-state index < -0.39 is 24.4 Å². The highest BCUT2D eigenvalue weighted by molar-refractivity contribution is 7.57. The molecule has 0 heterocycles. The zero-order chi connectivity index (χ0) is 28.7. The standard InChI is InChI=1S/C30H57O3P3/c1-25(2,3)34(26(4,5)6)31-22-19-23(32-35(27(7,8)9)28(10,11)12)21-24(20-22)33-36(29(13,14)15)30(16,17)18/h19-21H,1-18H3. The lowest BCUT2D eigenvalue weighted by molar-refractivity contribution is 0.499. The molecule has 0 aliphatic heterocycles. The van der Waals surface area contributed by atoms with Crippen molar-refractivity contribution in [3.05, 3.63) is 18.2 Å². The van der Waals surface area contributed by atoms with Gasteiger partial charge in [-0.3, -0.25) is 0 Å². The van der Waals surface area contributed by atoms with Gasteiger partial charge in [0.1, 0.15) is 17.2 Å². The van der Waals surface area contributed by atoms with Gasteiger partial charge in [-0.15, -0.1) is 0 Å². The Balaban J connectivity index is 3.68. The Morgan fingerprint density at radius 2 is 0.472 bits per heavy atom. The van der Waals surface area contributed by atoms with Gasteiger partial charge in [0.2, 0.25) is 0 Å². The average molecular weight is 559 g/mol. The minimum absolute atomic E-state index is 0.0400. The van der Waals surface area contributed by atoms with Gasteiger partial charge in [-0.2, -0.15) is 0 Å². The molecule has 0 saturated heterocycles. The fraction of sp³-hybridized carbons (Fsp3) is 0.800. The third kappa shape index (κ3) is 10.2. The van der Waals surface area contributed by atoms with Crippen molar-refractivity contribution in [2.45, 2.75) is 156 Å². The average Bonchev–Trinajstić information content (AvgIpc) is 2.56. The van der Waals surface area contributed by atoms with Crippen LogP contribution in [0.5, 0.6) is 17.2 Å². The van der Waals surface area contributed by atoms with E-state index in [-0.39, 0.29) is 30.9 Å². The lowest BCUT2D eigenvalue weighted by Crippen LogP contribution is -2.28. The van der Waals surface area contributed by atoms with Crippen molar-refractivity contribution in [1.82, 2.24) is 0 Å². The minimum Gasteiger partial charge on any atom is -0.473 e. The fourth-order valence-electron chi connectivity index (χ4n) is 4.86. The number of hydrogen-bond donors (Lipinski definition) is 0. The molecule has 1 aromatic rings. The van der Waals surface area contributed by atoms with E-state index in [1.165, 1.54) is 0 Å². The Morgan fingerprint density at radius 3 is 0.583 bits per heavy atom. The summed E-state index contributed by atoms with van der Waals surface area (Å²) in [6, 6.07) is 6.26. The molecule has 0 radical (unpaired) electrons. The van der Waals surface area contributed by atoms with Crippen LogP contribution in [0.15, 0.2) is 18.2 Å². The van der Waals surface area contributed by atoms with Crippen molar-refractivity contribution in [1.29, 1.82) is 0 Å². The Kier molecular flexibility index (Phi) is 10.5. The lowest BCUT2D eigenvalue weighted by atomic mass is 10.2. The highest BCUT2D eigenvalue weighted by Crippen LogP contribution is 2.64. The molecule has 0 aliphatic carbocycles. The van der Waals surface area contributed by atoms with Crippen molar-refractivity contribution < 1.29 is 13.6 Å². The molecular formula is C30H57O3P3. The predicted molar refractivity (Wildman–Crippen MR) is 168 cm³/mol. The van der Waals surface area contributed by atoms with Crippen LogP contribution in [0.1, 0.15) is 125 Å². The summed E-state index contributed by atoms with van der Waals surface area (Å²) in [4.78, 5) is 0. The number of rotatable bonds is 6. The summed E-state index contributed by atoms with van der Waals surface area (Å²) >= 11 is 0. The zero-order valence-corrected chi connectivity index (χ0v) is 29.5. The quantitative estimate of drug-likeness (QED) is 0.325. The molecular weight excluding hydrogens is 501 g/mol. The van der Waals surface area contributed by atoms with Crippen LogP contribution in [0.25, 0.3) is 0 Å². The summed E-state index contributed by atoms with van der Waals surface area (Å²) in [6.07, 6.45) is 0. The summed E-state index contributed by atoms with van der Waals surface area (Å²) < 4.78 is 20.5. The van der Waals surface area contributed by atoms with E-state index in [0.29, 0.717) is 0 Å². The Labute approximate surface area is 228 Å². The maximum atomic E-state index is 6.85. The normalized spacial score (nSPS) is 14.6. The molecule has 6 heteroatoms. The first kappa shape index (κ1) is 33.9. The summed E-state index contributed by atoms with van der Waals surface area (Å²) in [5.41, 5.74) is 0. The third-order valence-electron chi connectivity index (χ3n) is 5.10. The van der Waals surface area contributed by atoms with Crippen molar-refractivity contribution >= 4 is 24.4 Å².